The molecule has 0 heterocycles. The second-order valence-electron chi connectivity index (χ2n) is 1.73. The van der Waals surface area contributed by atoms with Gasteiger partial charge in [-0.05, 0) is 6.42 Å². The molecule has 0 rings (SSSR count). The summed E-state index contributed by atoms with van der Waals surface area (Å²) in [4.78, 5) is 0. The Kier molecular flexibility index (Phi) is 10.2. The van der Waals surface area contributed by atoms with E-state index in [2.05, 4.69) is 25.3 Å². The van der Waals surface area contributed by atoms with Crippen molar-refractivity contribution >= 4 is 25.3 Å². The van der Waals surface area contributed by atoms with Crippen LogP contribution in [0.5, 0.6) is 0 Å². The molecule has 0 atom stereocenters. The summed E-state index contributed by atoms with van der Waals surface area (Å²) in [5.74, 6) is 1.28. The molecule has 0 radical (unpaired) electrons. The molecule has 0 aliphatic rings. The second kappa shape index (κ2) is 9.62. The smallest absolute Gasteiger partial charge is 0.0892 e. The lowest BCUT2D eigenvalue weighted by atomic mass is 10.5. The van der Waals surface area contributed by atoms with E-state index in [9.17, 15) is 0 Å². The maximum atomic E-state index is 5.15. The lowest BCUT2D eigenvalue weighted by Crippen LogP contribution is -2.01. The van der Waals surface area contributed by atoms with Gasteiger partial charge in [0.05, 0.1) is 12.5 Å². The molecule has 62 valence electrons. The molecule has 0 aliphatic heterocycles. The molecule has 0 N–H and O–H groups in total. The van der Waals surface area contributed by atoms with Gasteiger partial charge in [-0.25, -0.2) is 0 Å². The lowest BCUT2D eigenvalue weighted by Gasteiger charge is -2.01. The van der Waals surface area contributed by atoms with Gasteiger partial charge in [0.1, 0.15) is 0 Å². The highest BCUT2D eigenvalue weighted by molar-refractivity contribution is 7.80. The molecule has 4 heteroatoms. The Balaban J connectivity index is 2.65. The fraction of sp³-hybridized carbons (Fsp3) is 1.00. The number of ether oxygens (including phenoxy) is 2. The summed E-state index contributed by atoms with van der Waals surface area (Å²) in [6.07, 6.45) is 0.939. The van der Waals surface area contributed by atoms with E-state index in [4.69, 9.17) is 9.47 Å². The van der Waals surface area contributed by atoms with Crippen LogP contribution < -0.4 is 0 Å². The van der Waals surface area contributed by atoms with E-state index in [0.29, 0.717) is 5.94 Å². The third-order valence-electron chi connectivity index (χ3n) is 0.904. The molecule has 10 heavy (non-hydrogen) atoms. The molecule has 0 saturated carbocycles. The van der Waals surface area contributed by atoms with Crippen LogP contribution in [0, 0.1) is 0 Å². The molecule has 0 fully saturated rings. The Labute approximate surface area is 73.1 Å². The summed E-state index contributed by atoms with van der Waals surface area (Å²) in [5, 5.41) is 0. The summed E-state index contributed by atoms with van der Waals surface area (Å²) < 4.78 is 10.1. The normalized spacial score (nSPS) is 10.2. The first-order chi connectivity index (χ1) is 4.91. The molecule has 0 amide bonds. The molecular weight excluding hydrogens is 168 g/mol. The number of thiol groups is 2. The zero-order valence-electron chi connectivity index (χ0n) is 5.95. The predicted octanol–water partition coefficient (Wildman–Crippen LogP) is 1.23. The van der Waals surface area contributed by atoms with Crippen molar-refractivity contribution in [1.82, 2.24) is 0 Å². The van der Waals surface area contributed by atoms with E-state index in [1.54, 1.807) is 0 Å². The highest BCUT2D eigenvalue weighted by Gasteiger charge is 1.86. The molecular formula is C6H14O2S2. The minimum Gasteiger partial charge on any atom is -0.381 e. The van der Waals surface area contributed by atoms with Crippen LogP contribution in [0.15, 0.2) is 0 Å². The summed E-state index contributed by atoms with van der Waals surface area (Å²) in [7, 11) is 0. The number of hydrogen-bond donors (Lipinski definition) is 2. The quantitative estimate of drug-likeness (QED) is 0.350. The van der Waals surface area contributed by atoms with Crippen molar-refractivity contribution in [3.63, 3.8) is 0 Å². The number of rotatable bonds is 7. The molecule has 0 unspecified atom stereocenters. The number of hydrogen-bond acceptors (Lipinski definition) is 4. The first-order valence-electron chi connectivity index (χ1n) is 3.29. The van der Waals surface area contributed by atoms with Gasteiger partial charge in [0.15, 0.2) is 0 Å². The van der Waals surface area contributed by atoms with Gasteiger partial charge < -0.3 is 9.47 Å². The fourth-order valence-corrected chi connectivity index (χ4v) is 0.752. The van der Waals surface area contributed by atoms with Crippen LogP contribution in [-0.2, 0) is 9.47 Å². The zero-order chi connectivity index (χ0) is 7.66. The van der Waals surface area contributed by atoms with Crippen LogP contribution in [0.3, 0.4) is 0 Å². The van der Waals surface area contributed by atoms with Crippen LogP contribution in [0.4, 0.5) is 0 Å². The Morgan fingerprint density at radius 1 is 0.900 bits per heavy atom. The van der Waals surface area contributed by atoms with E-state index < -0.39 is 0 Å². The van der Waals surface area contributed by atoms with Crippen molar-refractivity contribution in [3.05, 3.63) is 0 Å². The summed E-state index contributed by atoms with van der Waals surface area (Å²) in [5.41, 5.74) is 0. The maximum Gasteiger partial charge on any atom is 0.0892 e. The Bertz CT molecular complexity index is 53.7. The van der Waals surface area contributed by atoms with Gasteiger partial charge in [0.2, 0.25) is 0 Å². The predicted molar refractivity (Wildman–Crippen MR) is 49.1 cm³/mol. The SMILES string of the molecule is SCCOCCCOCS. The largest absolute Gasteiger partial charge is 0.381 e. The molecule has 0 aromatic rings. The topological polar surface area (TPSA) is 18.5 Å². The van der Waals surface area contributed by atoms with Crippen molar-refractivity contribution in [3.8, 4) is 0 Å². The average molecular weight is 182 g/mol. The van der Waals surface area contributed by atoms with Crippen molar-refractivity contribution in [2.24, 2.45) is 0 Å². The standard InChI is InChI=1S/C6H14O2S2/c9-5-4-7-2-1-3-8-6-10/h9-10H,1-6H2. The third-order valence-corrected chi connectivity index (χ3v) is 1.27. The van der Waals surface area contributed by atoms with Gasteiger partial charge in [0.25, 0.3) is 0 Å². The van der Waals surface area contributed by atoms with Crippen LogP contribution in [0.2, 0.25) is 0 Å². The highest BCUT2D eigenvalue weighted by Crippen LogP contribution is 1.86. The first-order valence-corrected chi connectivity index (χ1v) is 4.55. The summed E-state index contributed by atoms with van der Waals surface area (Å²) in [6, 6.07) is 0. The van der Waals surface area contributed by atoms with Gasteiger partial charge in [-0.1, -0.05) is 0 Å². The Morgan fingerprint density at radius 3 is 2.20 bits per heavy atom. The van der Waals surface area contributed by atoms with E-state index in [-0.39, 0.29) is 0 Å². The fourth-order valence-electron chi connectivity index (χ4n) is 0.494. The zero-order valence-corrected chi connectivity index (χ0v) is 7.74. The second-order valence-corrected chi connectivity index (χ2v) is 2.43. The summed E-state index contributed by atoms with van der Waals surface area (Å²) >= 11 is 7.88. The molecule has 2 nitrogen and oxygen atoms in total. The first kappa shape index (κ1) is 10.6. The van der Waals surface area contributed by atoms with Crippen LogP contribution >= 0.6 is 25.3 Å². The van der Waals surface area contributed by atoms with Gasteiger partial charge in [-0.15, -0.1) is 0 Å². The van der Waals surface area contributed by atoms with Gasteiger partial charge in [0, 0.05) is 19.0 Å². The van der Waals surface area contributed by atoms with Crippen LogP contribution in [-0.4, -0.2) is 31.5 Å². The molecule has 0 aliphatic carbocycles. The monoisotopic (exact) mass is 182 g/mol. The minimum atomic E-state index is 0.493. The van der Waals surface area contributed by atoms with Crippen molar-refractivity contribution in [2.75, 3.05) is 31.5 Å². The van der Waals surface area contributed by atoms with Crippen LogP contribution in [0.25, 0.3) is 0 Å². The van der Waals surface area contributed by atoms with Gasteiger partial charge >= 0.3 is 0 Å². The van der Waals surface area contributed by atoms with E-state index in [1.807, 2.05) is 0 Å². The van der Waals surface area contributed by atoms with E-state index >= 15 is 0 Å². The van der Waals surface area contributed by atoms with Crippen LogP contribution in [0.1, 0.15) is 6.42 Å². The highest BCUT2D eigenvalue weighted by atomic mass is 32.1. The van der Waals surface area contributed by atoms with Crippen molar-refractivity contribution in [1.29, 1.82) is 0 Å². The molecule has 0 bridgehead atoms. The van der Waals surface area contributed by atoms with E-state index in [0.717, 1.165) is 32.0 Å². The average Bonchev–Trinajstić information content (AvgIpc) is 1.97. The summed E-state index contributed by atoms with van der Waals surface area (Å²) in [6.45, 7) is 2.22. The van der Waals surface area contributed by atoms with Gasteiger partial charge in [-0.3, -0.25) is 0 Å². The minimum absolute atomic E-state index is 0.493. The maximum absolute atomic E-state index is 5.15. The molecule has 0 spiro atoms. The molecule has 0 aromatic carbocycles. The van der Waals surface area contributed by atoms with Crippen molar-refractivity contribution in [2.45, 2.75) is 6.42 Å². The van der Waals surface area contributed by atoms with Crippen molar-refractivity contribution < 1.29 is 9.47 Å². The molecule has 0 aromatic heterocycles. The Hall–Kier alpha value is 0.620. The Morgan fingerprint density at radius 2 is 1.60 bits per heavy atom. The lowest BCUT2D eigenvalue weighted by molar-refractivity contribution is 0.109. The molecule has 0 saturated heterocycles. The van der Waals surface area contributed by atoms with Gasteiger partial charge in [-0.2, -0.15) is 25.3 Å². The third kappa shape index (κ3) is 8.62. The van der Waals surface area contributed by atoms with E-state index in [1.165, 1.54) is 0 Å².